The fourth-order valence-corrected chi connectivity index (χ4v) is 10.6. The van der Waals surface area contributed by atoms with E-state index in [1.54, 1.807) is 12.1 Å². The number of benzene rings is 1. The SMILES string of the molecule is CCN[C@@H]1C=C2C=CCC[C@H]2C[C@H]1[C@H](CCCO)OC(=O)[C@]12O[C@@]1(C/C(CO)=C(\C)CCC1=CCNC(NCNC)=C1)C(=O)c1cccc(CC(C)(C)CC3=CNC(N)C=C3)c1C2=O. The van der Waals surface area contributed by atoms with Crippen molar-refractivity contribution in [1.82, 2.24) is 26.6 Å². The number of epoxide rings is 1. The van der Waals surface area contributed by atoms with Crippen LogP contribution < -0.4 is 32.3 Å². The van der Waals surface area contributed by atoms with Crippen LogP contribution in [0.25, 0.3) is 0 Å². The number of hydrogen-bond donors (Lipinski definition) is 8. The number of carbonyl (C=O) groups excluding carboxylic acids is 3. The third-order valence-corrected chi connectivity index (χ3v) is 13.9. The number of aliphatic hydroxyl groups excluding tert-OH is 2. The number of ether oxygens (including phenoxy) is 2. The number of aliphatic hydroxyl groups is 2. The van der Waals surface area contributed by atoms with Crippen LogP contribution in [0.5, 0.6) is 0 Å². The number of rotatable bonds is 21. The summed E-state index contributed by atoms with van der Waals surface area (Å²) in [5, 5.41) is 37.5. The molecule has 13 nitrogen and oxygen atoms in total. The van der Waals surface area contributed by atoms with E-state index in [0.717, 1.165) is 41.8 Å². The summed E-state index contributed by atoms with van der Waals surface area (Å²) in [6.07, 6.45) is 21.4. The Morgan fingerprint density at radius 3 is 2.70 bits per heavy atom. The molecule has 64 heavy (non-hydrogen) atoms. The molecule has 1 aromatic carbocycles. The summed E-state index contributed by atoms with van der Waals surface area (Å²) >= 11 is 0. The van der Waals surface area contributed by atoms with Crippen molar-refractivity contribution in [1.29, 1.82) is 0 Å². The number of esters is 1. The van der Waals surface area contributed by atoms with Crippen molar-refractivity contribution in [2.75, 3.05) is 40.0 Å². The minimum absolute atomic E-state index is 0.0914. The molecule has 0 radical (unpaired) electrons. The van der Waals surface area contributed by atoms with Gasteiger partial charge < -0.3 is 52.0 Å². The quantitative estimate of drug-likeness (QED) is 0.0269. The Kier molecular flexibility index (Phi) is 15.0. The molecule has 1 aromatic rings. The minimum Gasteiger partial charge on any atom is -0.459 e. The monoisotopic (exact) mass is 879 g/mol. The number of nitrogens with one attached hydrogen (secondary N) is 5. The Morgan fingerprint density at radius 2 is 1.97 bits per heavy atom. The van der Waals surface area contributed by atoms with E-state index in [0.29, 0.717) is 75.3 Å². The number of carbonyl (C=O) groups is 3. The average Bonchev–Trinajstić information content (AvgIpc) is 3.99. The number of allylic oxidation sites excluding steroid dienone is 8. The summed E-state index contributed by atoms with van der Waals surface area (Å²) in [6.45, 7) is 9.72. The second-order valence-electron chi connectivity index (χ2n) is 19.2. The van der Waals surface area contributed by atoms with Gasteiger partial charge in [0, 0.05) is 48.9 Å². The molecule has 1 unspecified atom stereocenters. The van der Waals surface area contributed by atoms with Gasteiger partial charge in [0.1, 0.15) is 11.9 Å². The molecular weight excluding hydrogens is 809 g/mol. The maximum absolute atomic E-state index is 15.5. The summed E-state index contributed by atoms with van der Waals surface area (Å²) in [5.74, 6) is -0.871. The smallest absolute Gasteiger partial charge is 0.350 e. The van der Waals surface area contributed by atoms with Crippen molar-refractivity contribution in [2.45, 2.75) is 121 Å². The molecule has 0 saturated carbocycles. The first-order chi connectivity index (χ1) is 30.8. The molecule has 346 valence electrons. The molecule has 9 N–H and O–H groups in total. The Balaban J connectivity index is 1.24. The first kappa shape index (κ1) is 47.3. The number of dihydropyridines is 2. The molecule has 0 amide bonds. The molecule has 6 aliphatic rings. The van der Waals surface area contributed by atoms with Crippen molar-refractivity contribution < 1.29 is 34.1 Å². The zero-order valence-electron chi connectivity index (χ0n) is 38.4. The molecule has 7 atom stereocenters. The molecule has 0 bridgehead atoms. The lowest BCUT2D eigenvalue weighted by Gasteiger charge is -2.40. The molecule has 0 aromatic heterocycles. The fourth-order valence-electron chi connectivity index (χ4n) is 10.6. The Bertz CT molecular complexity index is 2170. The third kappa shape index (κ3) is 9.80. The van der Waals surface area contributed by atoms with Crippen molar-refractivity contribution in [3.63, 3.8) is 0 Å². The lowest BCUT2D eigenvalue weighted by molar-refractivity contribution is -0.158. The highest BCUT2D eigenvalue weighted by molar-refractivity contribution is 6.33. The van der Waals surface area contributed by atoms with Crippen LogP contribution in [0.4, 0.5) is 0 Å². The first-order valence-corrected chi connectivity index (χ1v) is 23.3. The molecule has 1 fully saturated rings. The van der Waals surface area contributed by atoms with Gasteiger partial charge in [0.2, 0.25) is 5.78 Å². The average molecular weight is 879 g/mol. The first-order valence-electron chi connectivity index (χ1n) is 23.3. The van der Waals surface area contributed by atoms with Gasteiger partial charge >= 0.3 is 5.97 Å². The van der Waals surface area contributed by atoms with E-state index < -0.39 is 34.8 Å². The number of Topliss-reactive ketones (excluding diaryl/α,β-unsaturated/α-hetero) is 2. The van der Waals surface area contributed by atoms with Gasteiger partial charge in [-0.05, 0) is 130 Å². The van der Waals surface area contributed by atoms with Gasteiger partial charge in [0.25, 0.3) is 5.60 Å². The van der Waals surface area contributed by atoms with Gasteiger partial charge in [0.15, 0.2) is 11.4 Å². The second kappa shape index (κ2) is 20.3. The normalized spacial score (nSPS) is 27.9. The van der Waals surface area contributed by atoms with E-state index in [2.05, 4.69) is 70.8 Å². The van der Waals surface area contributed by atoms with Crippen LogP contribution in [0.3, 0.4) is 0 Å². The number of fused-ring (bicyclic) bond motifs is 3. The van der Waals surface area contributed by atoms with E-state index >= 15 is 14.4 Å². The fraction of sp³-hybridized carbons (Fsp3) is 0.549. The lowest BCUT2D eigenvalue weighted by atomic mass is 9.68. The number of likely N-dealkylation sites (N-methyl/N-ethyl adjacent to an activating group) is 1. The van der Waals surface area contributed by atoms with Crippen LogP contribution in [0.1, 0.15) is 112 Å². The largest absolute Gasteiger partial charge is 0.459 e. The van der Waals surface area contributed by atoms with Gasteiger partial charge in [-0.1, -0.05) is 74.9 Å². The van der Waals surface area contributed by atoms with Crippen LogP contribution in [0.2, 0.25) is 0 Å². The standard InChI is InChI=1S/C51H70N6O7/c1-6-54-41-25-36-12-8-7-11-35(36)24-40(41)42(15-10-22-58)63-48(62)51-47(61)45-37(27-49(3,4)26-34-18-19-43(52)56-29-34)13-9-14-39(45)46(60)50(51,64-51)28-38(30-59)32(2)16-17-33-20-21-55-44(23-33)57-31-53-5/h8-9,12-14,18-20,23,25,29,35,40-43,53-59H,6-7,10-11,15-17,21-22,24,26-28,30-31,52H2,1-5H3/b38-32-/t35-,40+,41+,42-,43?,50-,51-/m0/s1. The van der Waals surface area contributed by atoms with Crippen molar-refractivity contribution in [3.05, 3.63) is 117 Å². The summed E-state index contributed by atoms with van der Waals surface area (Å²) in [5.41, 5.74) is 7.39. The van der Waals surface area contributed by atoms with Crippen molar-refractivity contribution in [2.24, 2.45) is 23.0 Å². The van der Waals surface area contributed by atoms with Crippen LogP contribution in [0.15, 0.2) is 101 Å². The molecule has 0 spiro atoms. The zero-order valence-corrected chi connectivity index (χ0v) is 38.4. The molecule has 1 saturated heterocycles. The maximum Gasteiger partial charge on any atom is 0.350 e. The highest BCUT2D eigenvalue weighted by atomic mass is 16.7. The van der Waals surface area contributed by atoms with Crippen LogP contribution in [0, 0.1) is 17.3 Å². The predicted molar refractivity (Wildman–Crippen MR) is 249 cm³/mol. The van der Waals surface area contributed by atoms with Gasteiger partial charge in [-0.25, -0.2) is 4.79 Å². The zero-order chi connectivity index (χ0) is 45.6. The lowest BCUT2D eigenvalue weighted by Crippen LogP contribution is -2.53. The molecule has 3 aliphatic carbocycles. The van der Waals surface area contributed by atoms with E-state index in [1.165, 1.54) is 5.57 Å². The number of ketones is 2. The topological polar surface area (TPSA) is 200 Å². The summed E-state index contributed by atoms with van der Waals surface area (Å²) < 4.78 is 13.1. The Hall–Kier alpha value is -4.63. The Labute approximate surface area is 378 Å². The van der Waals surface area contributed by atoms with E-state index in [4.69, 9.17) is 15.2 Å². The highest BCUT2D eigenvalue weighted by Crippen LogP contribution is 2.60. The highest BCUT2D eigenvalue weighted by Gasteiger charge is 2.86. The molecule has 7 rings (SSSR count). The minimum atomic E-state index is -2.25. The maximum atomic E-state index is 15.5. The van der Waals surface area contributed by atoms with Crippen molar-refractivity contribution >= 4 is 17.5 Å². The third-order valence-electron chi connectivity index (χ3n) is 13.9. The second-order valence-corrected chi connectivity index (χ2v) is 19.2. The summed E-state index contributed by atoms with van der Waals surface area (Å²) in [6, 6.07) is 5.20. The van der Waals surface area contributed by atoms with Gasteiger partial charge in [-0.15, -0.1) is 0 Å². The van der Waals surface area contributed by atoms with E-state index in [9.17, 15) is 10.2 Å². The molecule has 3 aliphatic heterocycles. The van der Waals surface area contributed by atoms with Crippen LogP contribution >= 0.6 is 0 Å². The van der Waals surface area contributed by atoms with E-state index in [-0.39, 0.29) is 54.3 Å². The number of nitrogens with two attached hydrogens (primary N) is 1. The molecular formula is C51H70N6O7. The Morgan fingerprint density at radius 1 is 1.14 bits per heavy atom. The van der Waals surface area contributed by atoms with E-state index in [1.807, 2.05) is 45.3 Å². The summed E-state index contributed by atoms with van der Waals surface area (Å²) in [7, 11) is 1.87. The number of hydrogen-bond acceptors (Lipinski definition) is 13. The van der Waals surface area contributed by atoms with Crippen LogP contribution in [-0.4, -0.2) is 97.3 Å². The predicted octanol–water partition coefficient (Wildman–Crippen LogP) is 5.05. The summed E-state index contributed by atoms with van der Waals surface area (Å²) in [4.78, 5) is 46.0. The van der Waals surface area contributed by atoms with Gasteiger partial charge in [0.05, 0.1) is 19.4 Å². The van der Waals surface area contributed by atoms with Gasteiger partial charge in [-0.3, -0.25) is 9.59 Å². The van der Waals surface area contributed by atoms with Gasteiger partial charge in [-0.2, -0.15) is 0 Å². The van der Waals surface area contributed by atoms with Crippen LogP contribution in [-0.2, 0) is 20.7 Å². The van der Waals surface area contributed by atoms with Crippen molar-refractivity contribution in [3.8, 4) is 0 Å². The molecule has 3 heterocycles. The molecule has 13 heteroatoms.